The number of terminal acetylenes is 1. The summed E-state index contributed by atoms with van der Waals surface area (Å²) >= 11 is 0. The van der Waals surface area contributed by atoms with Crippen molar-refractivity contribution in [2.75, 3.05) is 13.2 Å². The zero-order valence-electron chi connectivity index (χ0n) is 7.87. The minimum absolute atomic E-state index is 0.222. The molecule has 0 saturated heterocycles. The summed E-state index contributed by atoms with van der Waals surface area (Å²) in [5.74, 6) is 2.46. The Labute approximate surface area is 76.0 Å². The second kappa shape index (κ2) is 7.31. The van der Waals surface area contributed by atoms with Crippen LogP contribution in [-0.2, 0) is 13.3 Å². The van der Waals surface area contributed by atoms with E-state index in [1.807, 2.05) is 13.8 Å². The Bertz CT molecular complexity index is 138. The van der Waals surface area contributed by atoms with E-state index in [0.29, 0.717) is 13.2 Å². The van der Waals surface area contributed by atoms with Gasteiger partial charge in [-0.05, 0) is 20.8 Å². The van der Waals surface area contributed by atoms with Crippen LogP contribution in [0.4, 0.5) is 0 Å². The molecule has 0 aliphatic carbocycles. The Hall–Kier alpha value is -0.343. The fraction of sp³-hybridized carbons (Fsp3) is 0.750. The summed E-state index contributed by atoms with van der Waals surface area (Å²) in [6, 6.07) is 0. The lowest BCUT2D eigenvalue weighted by atomic mass is 10.4. The van der Waals surface area contributed by atoms with E-state index in [1.54, 1.807) is 6.92 Å². The van der Waals surface area contributed by atoms with Crippen molar-refractivity contribution in [1.29, 1.82) is 0 Å². The third kappa shape index (κ3) is 5.33. The number of hydrogen-bond acceptors (Lipinski definition) is 3. The molecule has 1 unspecified atom stereocenters. The molecule has 12 heavy (non-hydrogen) atoms. The van der Waals surface area contributed by atoms with Gasteiger partial charge in [0, 0.05) is 13.2 Å². The van der Waals surface area contributed by atoms with Crippen molar-refractivity contribution in [3.05, 3.63) is 0 Å². The molecule has 0 spiro atoms. The Morgan fingerprint density at radius 2 is 1.83 bits per heavy atom. The quantitative estimate of drug-likeness (QED) is 0.456. The second-order valence-corrected chi connectivity index (χ2v) is 3.66. The molecule has 0 radical (unpaired) electrons. The molecule has 0 aromatic carbocycles. The van der Waals surface area contributed by atoms with Gasteiger partial charge >= 0.3 is 9.53 Å². The minimum atomic E-state index is -1.95. The molecule has 4 heteroatoms. The van der Waals surface area contributed by atoms with Crippen LogP contribution < -0.4 is 0 Å². The normalized spacial score (nSPS) is 12.9. The molecule has 0 heterocycles. The smallest absolute Gasteiger partial charge is 0.376 e. The van der Waals surface area contributed by atoms with Crippen LogP contribution in [0.3, 0.4) is 0 Å². The van der Waals surface area contributed by atoms with Gasteiger partial charge in [-0.15, -0.1) is 6.42 Å². The van der Waals surface area contributed by atoms with Crippen molar-refractivity contribution in [1.82, 2.24) is 0 Å². The monoisotopic (exact) mass is 188 g/mol. The maximum Gasteiger partial charge on any atom is 0.485 e. The molecule has 0 rings (SSSR count). The van der Waals surface area contributed by atoms with Gasteiger partial charge in [0.1, 0.15) is 6.10 Å². The zero-order chi connectivity index (χ0) is 9.40. The highest BCUT2D eigenvalue weighted by atomic mass is 28.3. The largest absolute Gasteiger partial charge is 0.485 e. The highest BCUT2D eigenvalue weighted by Gasteiger charge is 2.15. The van der Waals surface area contributed by atoms with Crippen LogP contribution in [0.25, 0.3) is 0 Å². The van der Waals surface area contributed by atoms with Gasteiger partial charge in [0.05, 0.1) is 0 Å². The van der Waals surface area contributed by atoms with Crippen molar-refractivity contribution in [2.45, 2.75) is 26.9 Å². The summed E-state index contributed by atoms with van der Waals surface area (Å²) in [5, 5.41) is 0. The molecule has 0 aromatic rings. The van der Waals surface area contributed by atoms with Crippen molar-refractivity contribution in [3.63, 3.8) is 0 Å². The lowest BCUT2D eigenvalue weighted by Crippen LogP contribution is -2.30. The summed E-state index contributed by atoms with van der Waals surface area (Å²) in [6.07, 6.45) is 4.93. The van der Waals surface area contributed by atoms with Crippen LogP contribution >= 0.6 is 0 Å². The fourth-order valence-electron chi connectivity index (χ4n) is 0.605. The van der Waals surface area contributed by atoms with E-state index in [0.717, 1.165) is 0 Å². The first kappa shape index (κ1) is 11.7. The number of hydrogen-bond donors (Lipinski definition) is 0. The van der Waals surface area contributed by atoms with Crippen LogP contribution in [0.5, 0.6) is 0 Å². The second-order valence-electron chi connectivity index (χ2n) is 2.14. The Balaban J connectivity index is 3.70. The topological polar surface area (TPSA) is 27.7 Å². The molecule has 0 fully saturated rings. The van der Waals surface area contributed by atoms with Gasteiger partial charge in [-0.1, -0.05) is 5.92 Å². The maximum absolute atomic E-state index is 5.34. The summed E-state index contributed by atoms with van der Waals surface area (Å²) in [5.41, 5.74) is 0. The third-order valence-electron chi connectivity index (χ3n) is 1.16. The predicted octanol–water partition coefficient (Wildman–Crippen LogP) is 0.815. The van der Waals surface area contributed by atoms with Gasteiger partial charge in [0.2, 0.25) is 0 Å². The molecular formula is C8H16O3Si. The van der Waals surface area contributed by atoms with Gasteiger partial charge in [-0.25, -0.2) is 0 Å². The van der Waals surface area contributed by atoms with E-state index >= 15 is 0 Å². The summed E-state index contributed by atoms with van der Waals surface area (Å²) in [4.78, 5) is 0. The lowest BCUT2D eigenvalue weighted by molar-refractivity contribution is 0.0889. The highest BCUT2D eigenvalue weighted by molar-refractivity contribution is 6.36. The maximum atomic E-state index is 5.34. The van der Waals surface area contributed by atoms with E-state index in [9.17, 15) is 0 Å². The van der Waals surface area contributed by atoms with Gasteiger partial charge in [-0.2, -0.15) is 0 Å². The number of rotatable bonds is 6. The first-order valence-corrected chi connectivity index (χ1v) is 5.50. The van der Waals surface area contributed by atoms with Crippen LogP contribution in [0.15, 0.2) is 0 Å². The Morgan fingerprint density at radius 3 is 2.17 bits per heavy atom. The van der Waals surface area contributed by atoms with E-state index in [2.05, 4.69) is 5.92 Å². The molecule has 1 atom stereocenters. The van der Waals surface area contributed by atoms with Crippen LogP contribution in [0, 0.1) is 12.3 Å². The summed E-state index contributed by atoms with van der Waals surface area (Å²) in [7, 11) is -1.95. The Morgan fingerprint density at radius 1 is 1.33 bits per heavy atom. The zero-order valence-corrected chi connectivity index (χ0v) is 9.03. The first-order chi connectivity index (χ1) is 5.74. The third-order valence-corrected chi connectivity index (χ3v) is 3.00. The van der Waals surface area contributed by atoms with Crippen molar-refractivity contribution in [3.8, 4) is 12.3 Å². The molecule has 0 N–H and O–H groups in total. The predicted molar refractivity (Wildman–Crippen MR) is 49.8 cm³/mol. The van der Waals surface area contributed by atoms with Gasteiger partial charge in [0.25, 0.3) is 0 Å². The van der Waals surface area contributed by atoms with Crippen molar-refractivity contribution >= 4 is 9.53 Å². The van der Waals surface area contributed by atoms with E-state index in [4.69, 9.17) is 19.7 Å². The van der Waals surface area contributed by atoms with Crippen molar-refractivity contribution in [2.24, 2.45) is 0 Å². The molecule has 3 nitrogen and oxygen atoms in total. The van der Waals surface area contributed by atoms with Crippen LogP contribution in [0.2, 0.25) is 0 Å². The van der Waals surface area contributed by atoms with Crippen molar-refractivity contribution < 1.29 is 13.3 Å². The average molecular weight is 188 g/mol. The molecular weight excluding hydrogens is 172 g/mol. The fourth-order valence-corrected chi connectivity index (χ4v) is 1.81. The van der Waals surface area contributed by atoms with Gasteiger partial charge in [0.15, 0.2) is 0 Å². The molecule has 0 amide bonds. The molecule has 0 aliphatic heterocycles. The first-order valence-electron chi connectivity index (χ1n) is 4.09. The van der Waals surface area contributed by atoms with E-state index < -0.39 is 9.53 Å². The van der Waals surface area contributed by atoms with Gasteiger partial charge in [-0.3, -0.25) is 0 Å². The van der Waals surface area contributed by atoms with Gasteiger partial charge < -0.3 is 13.3 Å². The van der Waals surface area contributed by atoms with E-state index in [1.165, 1.54) is 0 Å². The molecule has 70 valence electrons. The Kier molecular flexibility index (Phi) is 7.10. The van der Waals surface area contributed by atoms with E-state index in [-0.39, 0.29) is 6.10 Å². The SMILES string of the molecule is C#CC(C)O[SiH](OCC)OCC. The molecule has 0 bridgehead atoms. The van der Waals surface area contributed by atoms with Crippen LogP contribution in [0.1, 0.15) is 20.8 Å². The summed E-state index contributed by atoms with van der Waals surface area (Å²) < 4.78 is 15.8. The molecule has 0 aliphatic rings. The molecule has 0 aromatic heterocycles. The molecule has 0 saturated carbocycles. The minimum Gasteiger partial charge on any atom is -0.376 e. The standard InChI is InChI=1S/C8H16O3Si/c1-5-8(4)11-12(9-6-2)10-7-3/h1,8,12H,6-7H2,2-4H3. The lowest BCUT2D eigenvalue weighted by Gasteiger charge is -2.16. The highest BCUT2D eigenvalue weighted by Crippen LogP contribution is 1.97. The average Bonchev–Trinajstić information content (AvgIpc) is 2.05. The summed E-state index contributed by atoms with van der Waals surface area (Å²) in [6.45, 7) is 6.83. The van der Waals surface area contributed by atoms with Crippen LogP contribution in [-0.4, -0.2) is 28.8 Å².